The molecule has 0 aliphatic heterocycles. The molecule has 0 fully saturated rings. The average molecular weight is 349 g/mol. The highest BCUT2D eigenvalue weighted by atomic mass is 16.1. The van der Waals surface area contributed by atoms with Gasteiger partial charge in [-0.05, 0) is 66.0 Å². The lowest BCUT2D eigenvalue weighted by atomic mass is 9.83. The second-order valence-electron chi connectivity index (χ2n) is 7.70. The second kappa shape index (κ2) is 9.16. The molecule has 0 spiro atoms. The van der Waals surface area contributed by atoms with Crippen molar-refractivity contribution in [2.45, 2.75) is 78.1 Å². The molecule has 0 atom stereocenters. The van der Waals surface area contributed by atoms with E-state index in [1.165, 1.54) is 53.5 Å². The first-order chi connectivity index (χ1) is 12.7. The fourth-order valence-corrected chi connectivity index (χ4v) is 4.04. The molecule has 0 saturated carbocycles. The first kappa shape index (κ1) is 18.9. The van der Waals surface area contributed by atoms with Gasteiger partial charge in [-0.25, -0.2) is 0 Å². The van der Waals surface area contributed by atoms with Crippen molar-refractivity contribution in [3.05, 3.63) is 58.7 Å². The zero-order valence-electron chi connectivity index (χ0n) is 16.4. The van der Waals surface area contributed by atoms with Crippen LogP contribution in [0.15, 0.2) is 36.4 Å². The Morgan fingerprint density at radius 2 is 1.46 bits per heavy atom. The topological polar surface area (TPSA) is 17.1 Å². The number of hydrogen-bond donors (Lipinski definition) is 0. The van der Waals surface area contributed by atoms with Gasteiger partial charge in [-0.15, -0.1) is 0 Å². The monoisotopic (exact) mass is 348 g/mol. The summed E-state index contributed by atoms with van der Waals surface area (Å²) in [6, 6.07) is 13.4. The van der Waals surface area contributed by atoms with Gasteiger partial charge in [0.15, 0.2) is 5.78 Å². The largest absolute Gasteiger partial charge is 0.294 e. The lowest BCUT2D eigenvalue weighted by molar-refractivity contribution is 0.0979. The number of benzene rings is 2. The van der Waals surface area contributed by atoms with Crippen LogP contribution in [0, 0.1) is 0 Å². The smallest absolute Gasteiger partial charge is 0.162 e. The Morgan fingerprint density at radius 3 is 2.19 bits per heavy atom. The maximum Gasteiger partial charge on any atom is 0.162 e. The van der Waals surface area contributed by atoms with Gasteiger partial charge in [0.2, 0.25) is 0 Å². The van der Waals surface area contributed by atoms with Crippen LogP contribution in [0.4, 0.5) is 0 Å². The molecular weight excluding hydrogens is 316 g/mol. The van der Waals surface area contributed by atoms with Gasteiger partial charge >= 0.3 is 0 Å². The summed E-state index contributed by atoms with van der Waals surface area (Å²) in [7, 11) is 0. The summed E-state index contributed by atoms with van der Waals surface area (Å²) in [4.78, 5) is 12.4. The SMILES string of the molecule is CCCCCC(=O)c1ccc2c(c1)CCc1cc(CCCCC)ccc1-2. The minimum Gasteiger partial charge on any atom is -0.294 e. The summed E-state index contributed by atoms with van der Waals surface area (Å²) >= 11 is 0. The third-order valence-electron chi connectivity index (χ3n) is 5.63. The number of fused-ring (bicyclic) bond motifs is 3. The Morgan fingerprint density at radius 1 is 0.808 bits per heavy atom. The third-order valence-corrected chi connectivity index (χ3v) is 5.63. The lowest BCUT2D eigenvalue weighted by Gasteiger charge is -2.21. The minimum atomic E-state index is 0.304. The highest BCUT2D eigenvalue weighted by molar-refractivity contribution is 5.97. The van der Waals surface area contributed by atoms with Gasteiger partial charge in [0.05, 0.1) is 0 Å². The normalized spacial score (nSPS) is 12.5. The predicted octanol–water partition coefficient (Wildman–Crippen LogP) is 6.95. The highest BCUT2D eigenvalue weighted by Gasteiger charge is 2.18. The molecule has 0 amide bonds. The summed E-state index contributed by atoms with van der Waals surface area (Å²) in [6.45, 7) is 4.43. The van der Waals surface area contributed by atoms with E-state index >= 15 is 0 Å². The predicted molar refractivity (Wildman–Crippen MR) is 111 cm³/mol. The molecule has 0 radical (unpaired) electrons. The van der Waals surface area contributed by atoms with E-state index in [-0.39, 0.29) is 0 Å². The van der Waals surface area contributed by atoms with E-state index in [1.54, 1.807) is 0 Å². The zero-order chi connectivity index (χ0) is 18.4. The summed E-state index contributed by atoms with van der Waals surface area (Å²) in [5.41, 5.74) is 7.90. The standard InChI is InChI=1S/C25H32O/c1-3-5-7-9-19-11-15-23-20(17-19)12-13-21-18-22(14-16-24(21)23)25(26)10-8-6-4-2/h11,14-18H,3-10,12-13H2,1-2H3. The summed E-state index contributed by atoms with van der Waals surface area (Å²) in [5.74, 6) is 0.304. The second-order valence-corrected chi connectivity index (χ2v) is 7.70. The van der Waals surface area contributed by atoms with Crippen molar-refractivity contribution in [2.75, 3.05) is 0 Å². The van der Waals surface area contributed by atoms with Crippen molar-refractivity contribution in [1.29, 1.82) is 0 Å². The molecule has 26 heavy (non-hydrogen) atoms. The molecule has 1 aliphatic rings. The van der Waals surface area contributed by atoms with Crippen molar-refractivity contribution < 1.29 is 4.79 Å². The molecule has 1 nitrogen and oxygen atoms in total. The van der Waals surface area contributed by atoms with Crippen molar-refractivity contribution in [3.63, 3.8) is 0 Å². The van der Waals surface area contributed by atoms with E-state index in [0.717, 1.165) is 37.7 Å². The Kier molecular flexibility index (Phi) is 6.66. The molecule has 2 aromatic carbocycles. The Labute approximate surface area is 158 Å². The van der Waals surface area contributed by atoms with Gasteiger partial charge < -0.3 is 0 Å². The lowest BCUT2D eigenvalue weighted by Crippen LogP contribution is -2.07. The molecule has 0 saturated heterocycles. The average Bonchev–Trinajstić information content (AvgIpc) is 2.67. The van der Waals surface area contributed by atoms with Crippen molar-refractivity contribution in [3.8, 4) is 11.1 Å². The van der Waals surface area contributed by atoms with E-state index in [4.69, 9.17) is 0 Å². The zero-order valence-corrected chi connectivity index (χ0v) is 16.4. The van der Waals surface area contributed by atoms with E-state index in [1.807, 2.05) is 6.07 Å². The molecule has 1 heteroatoms. The maximum atomic E-state index is 12.4. The van der Waals surface area contributed by atoms with Gasteiger partial charge in [0.1, 0.15) is 0 Å². The number of aryl methyl sites for hydroxylation is 3. The van der Waals surface area contributed by atoms with E-state index in [2.05, 4.69) is 44.2 Å². The van der Waals surface area contributed by atoms with Crippen molar-refractivity contribution in [2.24, 2.45) is 0 Å². The highest BCUT2D eigenvalue weighted by Crippen LogP contribution is 2.35. The number of Topliss-reactive ketones (excluding diaryl/α,β-unsaturated/α-hetero) is 1. The van der Waals surface area contributed by atoms with Crippen LogP contribution in [-0.4, -0.2) is 5.78 Å². The fraction of sp³-hybridized carbons (Fsp3) is 0.480. The summed E-state index contributed by atoms with van der Waals surface area (Å²) < 4.78 is 0. The number of unbranched alkanes of at least 4 members (excludes halogenated alkanes) is 4. The third kappa shape index (κ3) is 4.44. The number of ketones is 1. The number of carbonyl (C=O) groups excluding carboxylic acids is 1. The molecule has 0 aromatic heterocycles. The fourth-order valence-electron chi connectivity index (χ4n) is 4.04. The number of rotatable bonds is 9. The van der Waals surface area contributed by atoms with Crippen molar-refractivity contribution >= 4 is 5.78 Å². The van der Waals surface area contributed by atoms with Gasteiger partial charge in [-0.3, -0.25) is 4.79 Å². The van der Waals surface area contributed by atoms with Crippen LogP contribution < -0.4 is 0 Å². The van der Waals surface area contributed by atoms with Crippen LogP contribution >= 0.6 is 0 Å². The van der Waals surface area contributed by atoms with E-state index in [0.29, 0.717) is 12.2 Å². The maximum absolute atomic E-state index is 12.4. The van der Waals surface area contributed by atoms with E-state index < -0.39 is 0 Å². The van der Waals surface area contributed by atoms with Gasteiger partial charge in [-0.2, -0.15) is 0 Å². The van der Waals surface area contributed by atoms with Crippen LogP contribution in [0.5, 0.6) is 0 Å². The summed E-state index contributed by atoms with van der Waals surface area (Å²) in [6.07, 6.45) is 11.2. The Bertz CT molecular complexity index is 757. The van der Waals surface area contributed by atoms with Crippen LogP contribution in [0.1, 0.15) is 85.8 Å². The summed E-state index contributed by atoms with van der Waals surface area (Å²) in [5, 5.41) is 0. The van der Waals surface area contributed by atoms with Crippen LogP contribution in [-0.2, 0) is 19.3 Å². The number of hydrogen-bond acceptors (Lipinski definition) is 1. The molecular formula is C25H32O. The van der Waals surface area contributed by atoms with Crippen LogP contribution in [0.2, 0.25) is 0 Å². The molecule has 2 aromatic rings. The minimum absolute atomic E-state index is 0.304. The first-order valence-corrected chi connectivity index (χ1v) is 10.5. The van der Waals surface area contributed by atoms with Gasteiger partial charge in [-0.1, -0.05) is 69.9 Å². The Balaban J connectivity index is 1.76. The van der Waals surface area contributed by atoms with Crippen LogP contribution in [0.3, 0.4) is 0 Å². The molecule has 0 N–H and O–H groups in total. The molecule has 0 heterocycles. The quantitative estimate of drug-likeness (QED) is 0.354. The first-order valence-electron chi connectivity index (χ1n) is 10.5. The molecule has 0 unspecified atom stereocenters. The van der Waals surface area contributed by atoms with Crippen LogP contribution in [0.25, 0.3) is 11.1 Å². The van der Waals surface area contributed by atoms with Crippen molar-refractivity contribution in [1.82, 2.24) is 0 Å². The number of carbonyl (C=O) groups is 1. The molecule has 3 rings (SSSR count). The molecule has 138 valence electrons. The Hall–Kier alpha value is -1.89. The van der Waals surface area contributed by atoms with E-state index in [9.17, 15) is 4.79 Å². The molecule has 1 aliphatic carbocycles. The van der Waals surface area contributed by atoms with Gasteiger partial charge in [0.25, 0.3) is 0 Å². The van der Waals surface area contributed by atoms with Gasteiger partial charge in [0, 0.05) is 12.0 Å². The molecule has 0 bridgehead atoms.